The fourth-order valence-electron chi connectivity index (χ4n) is 2.75. The quantitative estimate of drug-likeness (QED) is 0.375. The summed E-state index contributed by atoms with van der Waals surface area (Å²) in [7, 11) is 0. The van der Waals surface area contributed by atoms with E-state index < -0.39 is 0 Å². The lowest BCUT2D eigenvalue weighted by Crippen LogP contribution is -2.26. The molecule has 1 heterocycles. The van der Waals surface area contributed by atoms with Crippen molar-refractivity contribution in [1.29, 1.82) is 0 Å². The Balaban J connectivity index is 0.00000288. The van der Waals surface area contributed by atoms with Gasteiger partial charge in [0.2, 0.25) is 0 Å². The first kappa shape index (κ1) is 20.9. The van der Waals surface area contributed by atoms with Gasteiger partial charge in [-0.25, -0.2) is 0 Å². The van der Waals surface area contributed by atoms with Crippen LogP contribution in [0.1, 0.15) is 44.6 Å². The van der Waals surface area contributed by atoms with Crippen LogP contribution in [0.3, 0.4) is 0 Å². The van der Waals surface area contributed by atoms with Crippen molar-refractivity contribution in [2.75, 3.05) is 19.8 Å². The summed E-state index contributed by atoms with van der Waals surface area (Å²) in [4.78, 5) is 4.77. The fourth-order valence-corrected chi connectivity index (χ4v) is 2.87. The van der Waals surface area contributed by atoms with Crippen molar-refractivity contribution >= 4 is 24.0 Å². The SMILES string of the molecule is CCCCCCCN1C=CN(CC=CCc2ccc(Cl)cc2)C1.Cl. The number of unbranched alkanes of at least 4 members (excludes halogenated alkanes) is 4. The molecule has 0 atom stereocenters. The molecular weight excluding hydrogens is 339 g/mol. The normalized spacial score (nSPS) is 13.8. The van der Waals surface area contributed by atoms with E-state index in [1.54, 1.807) is 0 Å². The van der Waals surface area contributed by atoms with Crippen LogP contribution in [0.15, 0.2) is 48.8 Å². The Morgan fingerprint density at radius 1 is 0.958 bits per heavy atom. The van der Waals surface area contributed by atoms with Crippen molar-refractivity contribution in [2.24, 2.45) is 0 Å². The number of hydrogen-bond donors (Lipinski definition) is 0. The Labute approximate surface area is 158 Å². The van der Waals surface area contributed by atoms with Crippen LogP contribution >= 0.6 is 24.0 Å². The molecule has 0 saturated heterocycles. The zero-order valence-electron chi connectivity index (χ0n) is 14.7. The second-order valence-electron chi connectivity index (χ2n) is 6.24. The van der Waals surface area contributed by atoms with Gasteiger partial charge in [-0.2, -0.15) is 0 Å². The molecule has 4 heteroatoms. The summed E-state index contributed by atoms with van der Waals surface area (Å²) in [6.45, 7) is 5.46. The highest BCUT2D eigenvalue weighted by molar-refractivity contribution is 6.30. The summed E-state index contributed by atoms with van der Waals surface area (Å²) in [5.74, 6) is 0. The number of nitrogens with zero attached hydrogens (tertiary/aromatic N) is 2. The molecule has 134 valence electrons. The van der Waals surface area contributed by atoms with Gasteiger partial charge in [-0.1, -0.05) is 68.5 Å². The molecule has 0 spiro atoms. The minimum atomic E-state index is 0. The standard InChI is InChI=1S/C20H29ClN2.ClH/c1-2-3-4-5-7-14-22-16-17-23(18-22)15-8-6-9-19-10-12-20(21)13-11-19;/h6,8,10-13,16-17H,2-5,7,9,14-15,18H2,1H3;1H. The van der Waals surface area contributed by atoms with Gasteiger partial charge in [0.25, 0.3) is 0 Å². The molecule has 1 aliphatic rings. The summed E-state index contributed by atoms with van der Waals surface area (Å²) < 4.78 is 0. The predicted octanol–water partition coefficient (Wildman–Crippen LogP) is 5.88. The third kappa shape index (κ3) is 8.12. The van der Waals surface area contributed by atoms with E-state index in [4.69, 9.17) is 11.6 Å². The molecule has 0 amide bonds. The Morgan fingerprint density at radius 2 is 1.67 bits per heavy atom. The van der Waals surface area contributed by atoms with Gasteiger partial charge in [-0.15, -0.1) is 12.4 Å². The molecule has 2 rings (SSSR count). The molecule has 0 radical (unpaired) electrons. The van der Waals surface area contributed by atoms with E-state index in [1.807, 2.05) is 12.1 Å². The van der Waals surface area contributed by atoms with Crippen molar-refractivity contribution in [3.05, 3.63) is 59.4 Å². The zero-order chi connectivity index (χ0) is 16.3. The van der Waals surface area contributed by atoms with E-state index in [1.165, 1.54) is 44.2 Å². The van der Waals surface area contributed by atoms with Crippen LogP contribution in [-0.2, 0) is 6.42 Å². The maximum Gasteiger partial charge on any atom is 0.0896 e. The number of allylic oxidation sites excluding steroid dienone is 1. The van der Waals surface area contributed by atoms with Crippen molar-refractivity contribution in [3.8, 4) is 0 Å². The minimum absolute atomic E-state index is 0. The van der Waals surface area contributed by atoms with Crippen molar-refractivity contribution in [3.63, 3.8) is 0 Å². The van der Waals surface area contributed by atoms with Crippen LogP contribution < -0.4 is 0 Å². The van der Waals surface area contributed by atoms with Gasteiger partial charge in [0.15, 0.2) is 0 Å². The molecule has 0 aliphatic carbocycles. The van der Waals surface area contributed by atoms with Crippen LogP contribution in [0.4, 0.5) is 0 Å². The number of benzene rings is 1. The average molecular weight is 369 g/mol. The van der Waals surface area contributed by atoms with Gasteiger partial charge in [0.1, 0.15) is 0 Å². The first-order valence-corrected chi connectivity index (χ1v) is 9.21. The highest BCUT2D eigenvalue weighted by Crippen LogP contribution is 2.11. The molecule has 1 aromatic rings. The van der Waals surface area contributed by atoms with Gasteiger partial charge in [0, 0.05) is 30.5 Å². The zero-order valence-corrected chi connectivity index (χ0v) is 16.2. The van der Waals surface area contributed by atoms with Crippen LogP contribution in [0.2, 0.25) is 5.02 Å². The van der Waals surface area contributed by atoms with Crippen molar-refractivity contribution in [2.45, 2.75) is 45.4 Å². The highest BCUT2D eigenvalue weighted by atomic mass is 35.5. The van der Waals surface area contributed by atoms with Crippen molar-refractivity contribution < 1.29 is 0 Å². The van der Waals surface area contributed by atoms with Crippen LogP contribution in [-0.4, -0.2) is 29.6 Å². The maximum absolute atomic E-state index is 5.90. The van der Waals surface area contributed by atoms with E-state index in [2.05, 4.69) is 53.4 Å². The summed E-state index contributed by atoms with van der Waals surface area (Å²) in [6, 6.07) is 8.07. The van der Waals surface area contributed by atoms with Crippen LogP contribution in [0.5, 0.6) is 0 Å². The van der Waals surface area contributed by atoms with Gasteiger partial charge in [0.05, 0.1) is 6.67 Å². The third-order valence-electron chi connectivity index (χ3n) is 4.17. The van der Waals surface area contributed by atoms with Crippen molar-refractivity contribution in [1.82, 2.24) is 9.80 Å². The number of halogens is 2. The summed E-state index contributed by atoms with van der Waals surface area (Å²) >= 11 is 5.90. The van der Waals surface area contributed by atoms with E-state index in [0.29, 0.717) is 0 Å². The lowest BCUT2D eigenvalue weighted by atomic mass is 10.1. The summed E-state index contributed by atoms with van der Waals surface area (Å²) in [6.07, 6.45) is 16.6. The Bertz CT molecular complexity index is 497. The second kappa shape index (κ2) is 12.3. The molecule has 0 aromatic heterocycles. The highest BCUT2D eigenvalue weighted by Gasteiger charge is 2.09. The topological polar surface area (TPSA) is 6.48 Å². The Hall–Kier alpha value is -1.12. The summed E-state index contributed by atoms with van der Waals surface area (Å²) in [5, 5.41) is 0.801. The predicted molar refractivity (Wildman–Crippen MR) is 108 cm³/mol. The van der Waals surface area contributed by atoms with E-state index in [0.717, 1.165) is 24.7 Å². The molecule has 0 N–H and O–H groups in total. The van der Waals surface area contributed by atoms with Crippen LogP contribution in [0, 0.1) is 0 Å². The first-order valence-electron chi connectivity index (χ1n) is 8.84. The van der Waals surface area contributed by atoms with E-state index >= 15 is 0 Å². The van der Waals surface area contributed by atoms with Gasteiger partial charge in [-0.3, -0.25) is 0 Å². The lowest BCUT2D eigenvalue weighted by Gasteiger charge is -2.20. The third-order valence-corrected chi connectivity index (χ3v) is 4.43. The molecule has 1 aliphatic heterocycles. The molecule has 0 bridgehead atoms. The molecule has 1 aromatic carbocycles. The monoisotopic (exact) mass is 368 g/mol. The number of rotatable bonds is 10. The fraction of sp³-hybridized carbons (Fsp3) is 0.500. The molecule has 0 fully saturated rings. The summed E-state index contributed by atoms with van der Waals surface area (Å²) in [5.41, 5.74) is 1.30. The van der Waals surface area contributed by atoms with E-state index in [9.17, 15) is 0 Å². The van der Waals surface area contributed by atoms with Gasteiger partial charge in [-0.05, 0) is 30.5 Å². The second-order valence-corrected chi connectivity index (χ2v) is 6.68. The molecule has 2 nitrogen and oxygen atoms in total. The molecule has 0 unspecified atom stereocenters. The Morgan fingerprint density at radius 3 is 2.42 bits per heavy atom. The molecular formula is C20H30Cl2N2. The smallest absolute Gasteiger partial charge is 0.0896 e. The van der Waals surface area contributed by atoms with Gasteiger partial charge < -0.3 is 9.80 Å². The van der Waals surface area contributed by atoms with Crippen LogP contribution in [0.25, 0.3) is 0 Å². The average Bonchev–Trinajstić information content (AvgIpc) is 3.01. The molecule has 24 heavy (non-hydrogen) atoms. The first-order chi connectivity index (χ1) is 11.3. The maximum atomic E-state index is 5.90. The van der Waals surface area contributed by atoms with E-state index in [-0.39, 0.29) is 12.4 Å². The Kier molecular flexibility index (Phi) is 10.7. The van der Waals surface area contributed by atoms with Gasteiger partial charge >= 0.3 is 0 Å². The lowest BCUT2D eigenvalue weighted by molar-refractivity contribution is 0.276. The minimum Gasteiger partial charge on any atom is -0.359 e. The largest absolute Gasteiger partial charge is 0.359 e. The number of hydrogen-bond acceptors (Lipinski definition) is 2. The molecule has 0 saturated carbocycles.